The SMILES string of the molecule is C(=C\C1OCCO1)/c1ccc2c(c1)OCO2.CCC1OCCO1.O=CCCc1ccc2c(c1)OCO2.[Br-].c1cc2c(cc1CCC1OCCO1)OCO2. The summed E-state index contributed by atoms with van der Waals surface area (Å²) in [6.07, 6.45) is 8.73. The van der Waals surface area contributed by atoms with E-state index in [-0.39, 0.29) is 35.9 Å². The van der Waals surface area contributed by atoms with Gasteiger partial charge in [0.05, 0.1) is 39.6 Å². The van der Waals surface area contributed by atoms with E-state index in [0.717, 1.165) is 90.8 Å². The van der Waals surface area contributed by atoms with Crippen molar-refractivity contribution in [1.82, 2.24) is 0 Å². The quantitative estimate of drug-likeness (QED) is 0.295. The Morgan fingerprint density at radius 1 is 0.566 bits per heavy atom. The molecule has 0 radical (unpaired) electrons. The second kappa shape index (κ2) is 21.7. The van der Waals surface area contributed by atoms with Crippen LogP contribution in [0.1, 0.15) is 42.9 Å². The van der Waals surface area contributed by atoms with Gasteiger partial charge in [-0.15, -0.1) is 0 Å². The van der Waals surface area contributed by atoms with Crippen LogP contribution in [0.5, 0.6) is 34.5 Å². The number of ether oxygens (including phenoxy) is 12. The summed E-state index contributed by atoms with van der Waals surface area (Å²) in [5.41, 5.74) is 3.38. The van der Waals surface area contributed by atoms with Crippen LogP contribution in [0.4, 0.5) is 0 Å². The van der Waals surface area contributed by atoms with Crippen LogP contribution in [0, 0.1) is 0 Å². The highest BCUT2D eigenvalue weighted by atomic mass is 79.9. The second-order valence-electron chi connectivity index (χ2n) is 12.0. The minimum absolute atomic E-state index is 0. The molecule has 3 fully saturated rings. The van der Waals surface area contributed by atoms with Gasteiger partial charge in [0, 0.05) is 12.8 Å². The van der Waals surface area contributed by atoms with Gasteiger partial charge in [-0.2, -0.15) is 0 Å². The molecular formula is C39H46BrO13-. The number of carbonyl (C=O) groups is 1. The standard InChI is InChI=1S/C12H14O4.C12H12O4.C10H10O3.C5H10O2.BrH/c2*1-3-10-11(16-8-15-10)7-9(1)2-4-12-13-5-6-14-12;11-5-1-2-8-3-4-9-10(6-8)13-7-12-9;1-2-5-6-3-4-7-5;/h1,3,7,12H,2,4-6,8H2;1-4,7,12H,5-6,8H2;3-6H,1-2,7H2;5H,2-4H2,1H3;1H/p-1/b;4-2+;;;. The molecule has 0 unspecified atom stereocenters. The summed E-state index contributed by atoms with van der Waals surface area (Å²) in [5.74, 6) is 4.82. The molecule has 3 saturated heterocycles. The average Bonchev–Trinajstić information content (AvgIpc) is 4.04. The summed E-state index contributed by atoms with van der Waals surface area (Å²) in [4.78, 5) is 10.2. The van der Waals surface area contributed by atoms with Crippen molar-refractivity contribution in [3.8, 4) is 34.5 Å². The Morgan fingerprint density at radius 3 is 1.57 bits per heavy atom. The zero-order valence-electron chi connectivity index (χ0n) is 29.7. The summed E-state index contributed by atoms with van der Waals surface area (Å²) in [7, 11) is 0. The van der Waals surface area contributed by atoms with Gasteiger partial charge in [0.1, 0.15) is 6.29 Å². The van der Waals surface area contributed by atoms with Crippen molar-refractivity contribution in [2.75, 3.05) is 60.0 Å². The smallest absolute Gasteiger partial charge is 0.231 e. The summed E-state index contributed by atoms with van der Waals surface area (Å²) < 4.78 is 63.0. The molecule has 0 saturated carbocycles. The number of rotatable bonds is 9. The minimum atomic E-state index is -0.217. The summed E-state index contributed by atoms with van der Waals surface area (Å²) in [5, 5.41) is 0. The lowest BCUT2D eigenvalue weighted by Gasteiger charge is -2.08. The van der Waals surface area contributed by atoms with Crippen LogP contribution in [0.3, 0.4) is 0 Å². The van der Waals surface area contributed by atoms with Crippen LogP contribution in [-0.2, 0) is 46.1 Å². The third-order valence-electron chi connectivity index (χ3n) is 8.30. The number of fused-ring (bicyclic) bond motifs is 3. The summed E-state index contributed by atoms with van der Waals surface area (Å²) >= 11 is 0. The number of benzene rings is 3. The molecule has 0 N–H and O–H groups in total. The highest BCUT2D eigenvalue weighted by Gasteiger charge is 2.18. The van der Waals surface area contributed by atoms with Gasteiger partial charge >= 0.3 is 0 Å². The van der Waals surface area contributed by atoms with E-state index in [2.05, 4.69) is 13.0 Å². The Hall–Kier alpha value is -3.89. The van der Waals surface area contributed by atoms with Gasteiger partial charge in [-0.1, -0.05) is 31.2 Å². The molecule has 13 nitrogen and oxygen atoms in total. The van der Waals surface area contributed by atoms with Crippen LogP contribution in [0.2, 0.25) is 0 Å². The number of aldehydes is 1. The van der Waals surface area contributed by atoms with Crippen LogP contribution in [0.25, 0.3) is 6.08 Å². The molecule has 9 rings (SSSR count). The molecule has 3 aromatic rings. The first-order valence-electron chi connectivity index (χ1n) is 17.6. The molecule has 14 heteroatoms. The molecule has 0 aromatic heterocycles. The predicted molar refractivity (Wildman–Crippen MR) is 187 cm³/mol. The maximum atomic E-state index is 10.2. The van der Waals surface area contributed by atoms with Crippen molar-refractivity contribution < 1.29 is 78.6 Å². The van der Waals surface area contributed by atoms with Gasteiger partial charge < -0.3 is 78.6 Å². The van der Waals surface area contributed by atoms with Crippen molar-refractivity contribution in [3.05, 3.63) is 77.4 Å². The predicted octanol–water partition coefficient (Wildman–Crippen LogP) is 2.84. The molecule has 0 spiro atoms. The van der Waals surface area contributed by atoms with E-state index >= 15 is 0 Å². The Kier molecular flexibility index (Phi) is 16.5. The molecule has 3 aromatic carbocycles. The van der Waals surface area contributed by atoms with E-state index < -0.39 is 0 Å². The lowest BCUT2D eigenvalue weighted by molar-refractivity contribution is -0.107. The molecule has 6 aliphatic rings. The number of halogens is 1. The molecule has 0 bridgehead atoms. The van der Waals surface area contributed by atoms with Crippen molar-refractivity contribution in [1.29, 1.82) is 0 Å². The van der Waals surface area contributed by atoms with Gasteiger partial charge in [-0.25, -0.2) is 0 Å². The topological polar surface area (TPSA) is 128 Å². The molecule has 0 atom stereocenters. The van der Waals surface area contributed by atoms with Crippen molar-refractivity contribution >= 4 is 12.4 Å². The third kappa shape index (κ3) is 12.6. The van der Waals surface area contributed by atoms with E-state index in [0.29, 0.717) is 53.2 Å². The third-order valence-corrected chi connectivity index (χ3v) is 8.30. The maximum absolute atomic E-state index is 10.2. The largest absolute Gasteiger partial charge is 1.00 e. The Balaban J connectivity index is 0.000000140. The first-order chi connectivity index (χ1) is 25.7. The van der Waals surface area contributed by atoms with Crippen LogP contribution in [0.15, 0.2) is 60.7 Å². The fourth-order valence-electron chi connectivity index (χ4n) is 5.61. The maximum Gasteiger partial charge on any atom is 0.231 e. The van der Waals surface area contributed by atoms with Crippen molar-refractivity contribution in [2.45, 2.75) is 57.9 Å². The van der Waals surface area contributed by atoms with Crippen LogP contribution < -0.4 is 45.4 Å². The Morgan fingerprint density at radius 2 is 1.04 bits per heavy atom. The number of hydrogen-bond donors (Lipinski definition) is 0. The van der Waals surface area contributed by atoms with Gasteiger partial charge in [0.15, 0.2) is 53.4 Å². The van der Waals surface area contributed by atoms with Gasteiger partial charge in [0.25, 0.3) is 0 Å². The van der Waals surface area contributed by atoms with Crippen molar-refractivity contribution in [3.63, 3.8) is 0 Å². The number of hydrogen-bond acceptors (Lipinski definition) is 13. The molecule has 0 amide bonds. The Bertz CT molecular complexity index is 1580. The van der Waals surface area contributed by atoms with Gasteiger partial charge in [-0.3, -0.25) is 0 Å². The molecule has 0 aliphatic carbocycles. The van der Waals surface area contributed by atoms with Crippen molar-refractivity contribution in [2.24, 2.45) is 0 Å². The Labute approximate surface area is 320 Å². The average molecular weight is 803 g/mol. The fourth-order valence-corrected chi connectivity index (χ4v) is 5.61. The molecule has 6 heterocycles. The highest BCUT2D eigenvalue weighted by Crippen LogP contribution is 2.34. The minimum Gasteiger partial charge on any atom is -1.00 e. The number of aryl methyl sites for hydroxylation is 2. The summed E-state index contributed by atoms with van der Waals surface area (Å²) in [6.45, 7) is 7.29. The zero-order valence-corrected chi connectivity index (χ0v) is 31.3. The first-order valence-corrected chi connectivity index (χ1v) is 17.6. The van der Waals surface area contributed by atoms with E-state index in [4.69, 9.17) is 56.8 Å². The first kappa shape index (κ1) is 40.3. The van der Waals surface area contributed by atoms with E-state index in [9.17, 15) is 4.79 Å². The van der Waals surface area contributed by atoms with Crippen LogP contribution in [-0.4, -0.2) is 85.2 Å². The lowest BCUT2D eigenvalue weighted by atomic mass is 10.1. The normalized spacial score (nSPS) is 18.1. The van der Waals surface area contributed by atoms with E-state index in [1.54, 1.807) is 0 Å². The number of carbonyl (C=O) groups excluding carboxylic acids is 1. The van der Waals surface area contributed by atoms with Gasteiger partial charge in [-0.05, 0) is 78.4 Å². The van der Waals surface area contributed by atoms with E-state index in [1.165, 1.54) is 5.56 Å². The molecule has 6 aliphatic heterocycles. The monoisotopic (exact) mass is 801 g/mol. The highest BCUT2D eigenvalue weighted by molar-refractivity contribution is 5.56. The van der Waals surface area contributed by atoms with Gasteiger partial charge in [0.2, 0.25) is 20.4 Å². The second-order valence-corrected chi connectivity index (χ2v) is 12.0. The molecular weight excluding hydrogens is 756 g/mol. The molecule has 53 heavy (non-hydrogen) atoms. The molecule has 288 valence electrons. The summed E-state index contributed by atoms with van der Waals surface area (Å²) in [6, 6.07) is 17.6. The van der Waals surface area contributed by atoms with E-state index in [1.807, 2.05) is 60.7 Å². The zero-order chi connectivity index (χ0) is 35.8. The lowest BCUT2D eigenvalue weighted by Crippen LogP contribution is -3.00. The van der Waals surface area contributed by atoms with Crippen LogP contribution >= 0.6 is 0 Å². The fraction of sp³-hybridized carbons (Fsp3) is 0.462.